The summed E-state index contributed by atoms with van der Waals surface area (Å²) in [5.74, 6) is 0.935. The van der Waals surface area contributed by atoms with E-state index in [-0.39, 0.29) is 16.6 Å². The highest BCUT2D eigenvalue weighted by Crippen LogP contribution is 2.35. The second-order valence-corrected chi connectivity index (χ2v) is 7.32. The molecule has 0 radical (unpaired) electrons. The number of rotatable bonds is 4. The van der Waals surface area contributed by atoms with Crippen LogP contribution < -0.4 is 4.74 Å². The molecule has 0 aliphatic carbocycles. The number of halogens is 4. The fourth-order valence-corrected chi connectivity index (χ4v) is 3.52. The lowest BCUT2D eigenvalue weighted by Crippen LogP contribution is -2.11. The summed E-state index contributed by atoms with van der Waals surface area (Å²) < 4.78 is 53.4. The van der Waals surface area contributed by atoms with Gasteiger partial charge in [-0.05, 0) is 13.0 Å². The lowest BCUT2D eigenvalue weighted by molar-refractivity contribution is -0.142. The topological polar surface area (TPSA) is 96.2 Å². The Bertz CT molecular complexity index is 1470. The molecule has 0 atom stereocenters. The summed E-state index contributed by atoms with van der Waals surface area (Å²) >= 11 is 6.05. The van der Waals surface area contributed by atoms with Crippen molar-refractivity contribution < 1.29 is 22.4 Å². The Hall–Kier alpha value is -3.67. The van der Waals surface area contributed by atoms with Gasteiger partial charge in [0, 0.05) is 23.9 Å². The van der Waals surface area contributed by atoms with E-state index in [0.717, 1.165) is 4.68 Å². The van der Waals surface area contributed by atoms with E-state index in [4.69, 9.17) is 20.9 Å². The zero-order valence-corrected chi connectivity index (χ0v) is 17.3. The molecular formula is C19H13ClF3N7O2. The molecule has 0 saturated heterocycles. The van der Waals surface area contributed by atoms with Gasteiger partial charge < -0.3 is 9.26 Å². The highest BCUT2D eigenvalue weighted by Gasteiger charge is 2.39. The number of aromatic nitrogens is 7. The van der Waals surface area contributed by atoms with Crippen molar-refractivity contribution >= 4 is 28.0 Å². The van der Waals surface area contributed by atoms with Gasteiger partial charge in [0.15, 0.2) is 17.0 Å². The summed E-state index contributed by atoms with van der Waals surface area (Å²) in [6.07, 6.45) is -4.69. The predicted octanol–water partition coefficient (Wildman–Crippen LogP) is 4.23. The molecule has 1 aromatic carbocycles. The lowest BCUT2D eigenvalue weighted by atomic mass is 10.2. The van der Waals surface area contributed by atoms with E-state index in [1.807, 2.05) is 0 Å². The number of nitrogens with zero attached hydrogens (tertiary/aromatic N) is 7. The molecule has 0 bridgehead atoms. The number of hydrogen-bond acceptors (Lipinski definition) is 7. The summed E-state index contributed by atoms with van der Waals surface area (Å²) in [6.45, 7) is 1.23. The van der Waals surface area contributed by atoms with Gasteiger partial charge >= 0.3 is 6.18 Å². The van der Waals surface area contributed by atoms with Crippen LogP contribution in [0.3, 0.4) is 0 Å². The molecule has 0 fully saturated rings. The smallest absolute Gasteiger partial charge is 0.435 e. The van der Waals surface area contributed by atoms with Crippen LogP contribution in [0.25, 0.3) is 27.9 Å². The van der Waals surface area contributed by atoms with Crippen molar-refractivity contribution in [2.45, 2.75) is 19.7 Å². The fraction of sp³-hybridized carbons (Fsp3) is 0.211. The van der Waals surface area contributed by atoms with Crippen LogP contribution in [-0.2, 0) is 19.8 Å². The van der Waals surface area contributed by atoms with Crippen molar-refractivity contribution in [3.63, 3.8) is 0 Å². The minimum Gasteiger partial charge on any atom is -0.471 e. The van der Waals surface area contributed by atoms with E-state index < -0.39 is 18.5 Å². The molecule has 0 N–H and O–H groups in total. The maximum absolute atomic E-state index is 13.4. The first-order valence-corrected chi connectivity index (χ1v) is 9.61. The molecule has 4 heterocycles. The van der Waals surface area contributed by atoms with Gasteiger partial charge in [0.25, 0.3) is 0 Å². The monoisotopic (exact) mass is 463 g/mol. The van der Waals surface area contributed by atoms with E-state index in [1.54, 1.807) is 37.3 Å². The van der Waals surface area contributed by atoms with Crippen molar-refractivity contribution in [2.75, 3.05) is 0 Å². The molecule has 5 rings (SSSR count). The van der Waals surface area contributed by atoms with Crippen LogP contribution in [-0.4, -0.2) is 34.7 Å². The van der Waals surface area contributed by atoms with Crippen molar-refractivity contribution in [1.29, 1.82) is 0 Å². The van der Waals surface area contributed by atoms with Gasteiger partial charge in [0.2, 0.25) is 11.7 Å². The highest BCUT2D eigenvalue weighted by molar-refractivity contribution is 6.30. The first-order valence-electron chi connectivity index (χ1n) is 9.23. The third-order valence-electron chi connectivity index (χ3n) is 4.78. The quantitative estimate of drug-likeness (QED) is 0.393. The van der Waals surface area contributed by atoms with Crippen molar-refractivity contribution in [3.8, 4) is 17.4 Å². The predicted molar refractivity (Wildman–Crippen MR) is 106 cm³/mol. The number of ether oxygens (including phenoxy) is 1. The molecule has 164 valence electrons. The normalized spacial score (nSPS) is 12.2. The van der Waals surface area contributed by atoms with Crippen molar-refractivity contribution in [3.05, 3.63) is 52.5 Å². The average Bonchev–Trinajstić information content (AvgIpc) is 3.44. The Labute approximate surface area is 182 Å². The second kappa shape index (κ2) is 7.19. The zero-order valence-electron chi connectivity index (χ0n) is 16.6. The Morgan fingerprint density at radius 3 is 2.56 bits per heavy atom. The molecule has 0 amide bonds. The molecule has 0 aliphatic rings. The summed E-state index contributed by atoms with van der Waals surface area (Å²) in [4.78, 5) is 0. The number of fused-ring (bicyclic) bond motifs is 3. The van der Waals surface area contributed by atoms with E-state index >= 15 is 0 Å². The Morgan fingerprint density at radius 2 is 1.88 bits per heavy atom. The third kappa shape index (κ3) is 3.23. The average molecular weight is 464 g/mol. The van der Waals surface area contributed by atoms with Gasteiger partial charge in [-0.3, -0.25) is 4.68 Å². The summed E-state index contributed by atoms with van der Waals surface area (Å²) in [6, 6.07) is 8.72. The fourth-order valence-electron chi connectivity index (χ4n) is 3.33. The molecular weight excluding hydrogens is 451 g/mol. The van der Waals surface area contributed by atoms with Crippen LogP contribution in [0.15, 0.2) is 34.9 Å². The molecule has 5 aromatic rings. The second-order valence-electron chi connectivity index (χ2n) is 6.96. The third-order valence-corrected chi connectivity index (χ3v) is 5.25. The first kappa shape index (κ1) is 20.2. The number of alkyl halides is 3. The molecule has 0 saturated carbocycles. The minimum atomic E-state index is -4.69. The van der Waals surface area contributed by atoms with E-state index in [2.05, 4.69) is 25.6 Å². The maximum atomic E-state index is 13.4. The van der Waals surface area contributed by atoms with Crippen LogP contribution in [0.2, 0.25) is 5.15 Å². The Morgan fingerprint density at radius 1 is 1.12 bits per heavy atom. The van der Waals surface area contributed by atoms with Gasteiger partial charge in [0.1, 0.15) is 17.5 Å². The minimum absolute atomic E-state index is 0.0717. The van der Waals surface area contributed by atoms with Gasteiger partial charge in [-0.15, -0.1) is 15.3 Å². The summed E-state index contributed by atoms with van der Waals surface area (Å²) in [7, 11) is 1.32. The van der Waals surface area contributed by atoms with Crippen LogP contribution in [0.5, 0.6) is 5.88 Å². The standard InChI is InChI=1S/C19H13ClF3N7O2/c1-9-7-13(28-32-9)17-25-24-16-10-5-3-4-6-11(10)18(27-30(16)17)31-8-12-14(19(21,22)23)26-29(2)15(12)20/h3-7H,8H2,1-2H3. The number of hydrogen-bond donors (Lipinski definition) is 0. The van der Waals surface area contributed by atoms with Crippen molar-refractivity contribution in [2.24, 2.45) is 7.05 Å². The lowest BCUT2D eigenvalue weighted by Gasteiger charge is -2.11. The SMILES string of the molecule is Cc1cc(-c2nnc3c4ccccc4c(OCc4c(C(F)(F)F)nn(C)c4Cl)nn23)no1. The Balaban J connectivity index is 1.63. The van der Waals surface area contributed by atoms with Crippen molar-refractivity contribution in [1.82, 2.24) is 34.7 Å². The van der Waals surface area contributed by atoms with Crippen LogP contribution >= 0.6 is 11.6 Å². The van der Waals surface area contributed by atoms with Crippen LogP contribution in [0.1, 0.15) is 17.0 Å². The zero-order chi connectivity index (χ0) is 22.6. The van der Waals surface area contributed by atoms with E-state index in [9.17, 15) is 13.2 Å². The van der Waals surface area contributed by atoms with Gasteiger partial charge in [-0.1, -0.05) is 35.0 Å². The molecule has 0 unspecified atom stereocenters. The van der Waals surface area contributed by atoms with Crippen LogP contribution in [0, 0.1) is 6.92 Å². The summed E-state index contributed by atoms with van der Waals surface area (Å²) in [5, 5.41) is 21.2. The number of benzene rings is 1. The Kier molecular flexibility index (Phi) is 4.55. The molecule has 13 heteroatoms. The van der Waals surface area contributed by atoms with Gasteiger partial charge in [-0.2, -0.15) is 22.8 Å². The molecule has 9 nitrogen and oxygen atoms in total. The largest absolute Gasteiger partial charge is 0.471 e. The van der Waals surface area contributed by atoms with Crippen LogP contribution in [0.4, 0.5) is 13.2 Å². The maximum Gasteiger partial charge on any atom is 0.435 e. The molecule has 32 heavy (non-hydrogen) atoms. The molecule has 4 aromatic heterocycles. The summed E-state index contributed by atoms with van der Waals surface area (Å²) in [5.41, 5.74) is -0.570. The van der Waals surface area contributed by atoms with E-state index in [0.29, 0.717) is 33.7 Å². The van der Waals surface area contributed by atoms with Gasteiger partial charge in [0.05, 0.1) is 5.56 Å². The first-order chi connectivity index (χ1) is 15.2. The highest BCUT2D eigenvalue weighted by atomic mass is 35.5. The van der Waals surface area contributed by atoms with Gasteiger partial charge in [-0.25, -0.2) is 0 Å². The molecule has 0 spiro atoms. The molecule has 0 aliphatic heterocycles. The van der Waals surface area contributed by atoms with E-state index in [1.165, 1.54) is 11.6 Å². The number of aryl methyl sites for hydroxylation is 2.